The first-order valence-electron chi connectivity index (χ1n) is 7.76. The maximum absolute atomic E-state index is 5.81. The number of nitrogen functional groups attached to an aromatic ring is 1. The number of methoxy groups -OCH3 is 1. The van der Waals surface area contributed by atoms with Crippen LogP contribution in [0.4, 0.5) is 5.69 Å². The van der Waals surface area contributed by atoms with Crippen molar-refractivity contribution >= 4 is 28.1 Å². The molecular formula is C18H26ClNO3. The SMILES string of the molecule is C1COCOC1.CCCCl.COc1ccc2c(N)cccc2c1. The zero-order chi connectivity index (χ0) is 16.9. The van der Waals surface area contributed by atoms with Gasteiger partial charge in [0.15, 0.2) is 0 Å². The van der Waals surface area contributed by atoms with Crippen molar-refractivity contribution in [2.24, 2.45) is 0 Å². The Morgan fingerprint density at radius 1 is 1.17 bits per heavy atom. The number of hydrogen-bond acceptors (Lipinski definition) is 4. The number of ether oxygens (including phenoxy) is 3. The van der Waals surface area contributed by atoms with Crippen LogP contribution in [0.25, 0.3) is 10.8 Å². The van der Waals surface area contributed by atoms with Crippen LogP contribution in [0.3, 0.4) is 0 Å². The van der Waals surface area contributed by atoms with Crippen LogP contribution in [0, 0.1) is 0 Å². The van der Waals surface area contributed by atoms with E-state index < -0.39 is 0 Å². The Morgan fingerprint density at radius 2 is 1.87 bits per heavy atom. The maximum Gasteiger partial charge on any atom is 0.146 e. The fraction of sp³-hybridized carbons (Fsp3) is 0.444. The Labute approximate surface area is 143 Å². The zero-order valence-corrected chi connectivity index (χ0v) is 14.6. The lowest BCUT2D eigenvalue weighted by molar-refractivity contribution is -0.0963. The summed E-state index contributed by atoms with van der Waals surface area (Å²) in [5.74, 6) is 1.65. The number of fused-ring (bicyclic) bond motifs is 1. The van der Waals surface area contributed by atoms with E-state index in [-0.39, 0.29) is 0 Å². The topological polar surface area (TPSA) is 53.7 Å². The summed E-state index contributed by atoms with van der Waals surface area (Å²) < 4.78 is 14.8. The Hall–Kier alpha value is -1.49. The van der Waals surface area contributed by atoms with Gasteiger partial charge in [-0.2, -0.15) is 0 Å². The van der Waals surface area contributed by atoms with E-state index in [1.165, 1.54) is 0 Å². The molecule has 0 bridgehead atoms. The van der Waals surface area contributed by atoms with Gasteiger partial charge in [0.25, 0.3) is 0 Å². The lowest BCUT2D eigenvalue weighted by Gasteiger charge is -2.09. The summed E-state index contributed by atoms with van der Waals surface area (Å²) in [6.45, 7) is 4.30. The Bertz CT molecular complexity index is 545. The summed E-state index contributed by atoms with van der Waals surface area (Å²) in [5, 5.41) is 2.18. The predicted molar refractivity (Wildman–Crippen MR) is 97.3 cm³/mol. The molecule has 1 fully saturated rings. The van der Waals surface area contributed by atoms with Gasteiger partial charge < -0.3 is 19.9 Å². The fourth-order valence-corrected chi connectivity index (χ4v) is 1.85. The minimum absolute atomic E-state index is 0.500. The second-order valence-electron chi connectivity index (χ2n) is 4.91. The molecule has 0 radical (unpaired) electrons. The highest BCUT2D eigenvalue weighted by atomic mass is 35.5. The van der Waals surface area contributed by atoms with Gasteiger partial charge >= 0.3 is 0 Å². The van der Waals surface area contributed by atoms with Crippen molar-refractivity contribution in [2.45, 2.75) is 19.8 Å². The maximum atomic E-state index is 5.81. The van der Waals surface area contributed by atoms with Gasteiger partial charge in [0, 0.05) is 17.0 Å². The van der Waals surface area contributed by atoms with E-state index in [0.717, 1.165) is 54.1 Å². The first-order valence-corrected chi connectivity index (χ1v) is 8.30. The average molecular weight is 340 g/mol. The van der Waals surface area contributed by atoms with Gasteiger partial charge in [-0.05, 0) is 42.5 Å². The summed E-state index contributed by atoms with van der Waals surface area (Å²) in [7, 11) is 1.66. The zero-order valence-electron chi connectivity index (χ0n) is 13.9. The van der Waals surface area contributed by atoms with Crippen molar-refractivity contribution in [3.8, 4) is 5.75 Å². The van der Waals surface area contributed by atoms with Crippen molar-refractivity contribution in [3.63, 3.8) is 0 Å². The third kappa shape index (κ3) is 7.55. The van der Waals surface area contributed by atoms with Gasteiger partial charge in [-0.15, -0.1) is 11.6 Å². The molecule has 0 aromatic heterocycles. The third-order valence-corrected chi connectivity index (χ3v) is 3.43. The molecule has 0 aliphatic carbocycles. The Balaban J connectivity index is 0.000000220. The van der Waals surface area contributed by atoms with Crippen LogP contribution in [0.2, 0.25) is 0 Å². The van der Waals surface area contributed by atoms with Crippen molar-refractivity contribution in [1.29, 1.82) is 0 Å². The van der Waals surface area contributed by atoms with Gasteiger partial charge in [0.2, 0.25) is 0 Å². The van der Waals surface area contributed by atoms with E-state index in [1.807, 2.05) is 43.3 Å². The molecule has 3 rings (SSSR count). The molecule has 23 heavy (non-hydrogen) atoms. The highest BCUT2D eigenvalue weighted by Crippen LogP contribution is 2.24. The van der Waals surface area contributed by atoms with E-state index in [2.05, 4.69) is 0 Å². The molecule has 128 valence electrons. The number of benzene rings is 2. The van der Waals surface area contributed by atoms with E-state index >= 15 is 0 Å². The van der Waals surface area contributed by atoms with Crippen molar-refractivity contribution < 1.29 is 14.2 Å². The van der Waals surface area contributed by atoms with Crippen LogP contribution in [-0.4, -0.2) is 33.0 Å². The number of nitrogens with two attached hydrogens (primary N) is 1. The van der Waals surface area contributed by atoms with Gasteiger partial charge in [-0.25, -0.2) is 0 Å². The highest BCUT2D eigenvalue weighted by Gasteiger charge is 1.98. The molecule has 0 unspecified atom stereocenters. The normalized spacial score (nSPS) is 13.3. The number of anilines is 1. The van der Waals surface area contributed by atoms with Crippen LogP contribution >= 0.6 is 11.6 Å². The fourth-order valence-electron chi connectivity index (χ4n) is 1.85. The first kappa shape index (κ1) is 19.6. The minimum Gasteiger partial charge on any atom is -0.497 e. The van der Waals surface area contributed by atoms with Gasteiger partial charge in [-0.3, -0.25) is 0 Å². The van der Waals surface area contributed by atoms with Crippen molar-refractivity contribution in [3.05, 3.63) is 36.4 Å². The monoisotopic (exact) mass is 339 g/mol. The third-order valence-electron chi connectivity index (χ3n) is 3.05. The molecule has 2 aromatic carbocycles. The van der Waals surface area contributed by atoms with Crippen LogP contribution in [0.15, 0.2) is 36.4 Å². The summed E-state index contributed by atoms with van der Waals surface area (Å²) >= 11 is 5.19. The van der Waals surface area contributed by atoms with E-state index in [1.54, 1.807) is 7.11 Å². The molecule has 0 amide bonds. The molecule has 2 aromatic rings. The predicted octanol–water partition coefficient (Wildman–Crippen LogP) is 4.45. The largest absolute Gasteiger partial charge is 0.497 e. The lowest BCUT2D eigenvalue weighted by Crippen LogP contribution is -2.11. The molecule has 5 heteroatoms. The van der Waals surface area contributed by atoms with Crippen molar-refractivity contribution in [2.75, 3.05) is 38.7 Å². The lowest BCUT2D eigenvalue weighted by atomic mass is 10.1. The summed E-state index contributed by atoms with van der Waals surface area (Å²) in [5.41, 5.74) is 6.61. The number of hydrogen-bond donors (Lipinski definition) is 1. The molecule has 1 aliphatic rings. The number of rotatable bonds is 2. The molecular weight excluding hydrogens is 314 g/mol. The summed E-state index contributed by atoms with van der Waals surface area (Å²) in [6.07, 6.45) is 2.14. The quantitative estimate of drug-likeness (QED) is 0.649. The molecule has 1 aliphatic heterocycles. The van der Waals surface area contributed by atoms with E-state index in [9.17, 15) is 0 Å². The van der Waals surface area contributed by atoms with Gasteiger partial charge in [0.1, 0.15) is 12.5 Å². The smallest absolute Gasteiger partial charge is 0.146 e. The first-order chi connectivity index (χ1) is 11.2. The van der Waals surface area contributed by atoms with Gasteiger partial charge in [-0.1, -0.05) is 19.1 Å². The molecule has 4 nitrogen and oxygen atoms in total. The molecule has 1 saturated heterocycles. The average Bonchev–Trinajstić information content (AvgIpc) is 2.64. The van der Waals surface area contributed by atoms with Crippen LogP contribution < -0.4 is 10.5 Å². The molecule has 2 N–H and O–H groups in total. The molecule has 0 spiro atoms. The minimum atomic E-state index is 0.500. The highest BCUT2D eigenvalue weighted by molar-refractivity contribution is 6.17. The standard InChI is InChI=1S/C11H11NO.C4H8O2.C3H7Cl/c1-13-9-5-6-10-8(7-9)3-2-4-11(10)12;1-2-5-4-6-3-1;1-2-3-4/h2-7H,12H2,1H3;1-4H2;2-3H2,1H3. The second-order valence-corrected chi connectivity index (χ2v) is 5.29. The van der Waals surface area contributed by atoms with E-state index in [0.29, 0.717) is 6.79 Å². The Morgan fingerprint density at radius 3 is 2.35 bits per heavy atom. The molecule has 0 atom stereocenters. The van der Waals surface area contributed by atoms with E-state index in [4.69, 9.17) is 31.5 Å². The van der Waals surface area contributed by atoms with Crippen LogP contribution in [0.1, 0.15) is 19.8 Å². The number of alkyl halides is 1. The second kappa shape index (κ2) is 12.0. The molecule has 0 saturated carbocycles. The molecule has 1 heterocycles. The van der Waals surface area contributed by atoms with Crippen molar-refractivity contribution in [1.82, 2.24) is 0 Å². The van der Waals surface area contributed by atoms with Crippen LogP contribution in [0.5, 0.6) is 5.75 Å². The summed E-state index contributed by atoms with van der Waals surface area (Å²) in [4.78, 5) is 0. The van der Waals surface area contributed by atoms with Gasteiger partial charge in [0.05, 0.1) is 20.3 Å². The Kier molecular flexibility index (Phi) is 10.2. The summed E-state index contributed by atoms with van der Waals surface area (Å²) in [6, 6.07) is 11.7. The van der Waals surface area contributed by atoms with Crippen LogP contribution in [-0.2, 0) is 9.47 Å². The number of halogens is 1.